The molecule has 4 rings (SSSR count). The summed E-state index contributed by atoms with van der Waals surface area (Å²) in [5.74, 6) is 0.647. The highest BCUT2D eigenvalue weighted by molar-refractivity contribution is 5.70. The van der Waals surface area contributed by atoms with Crippen molar-refractivity contribution < 1.29 is 13.9 Å². The van der Waals surface area contributed by atoms with Crippen molar-refractivity contribution in [1.29, 1.82) is 0 Å². The van der Waals surface area contributed by atoms with E-state index in [1.165, 1.54) is 16.8 Å². The number of anilines is 1. The highest BCUT2D eigenvalue weighted by Gasteiger charge is 2.30. The molecule has 9 heteroatoms. The average Bonchev–Trinajstić information content (AvgIpc) is 3.21. The Morgan fingerprint density at radius 3 is 2.69 bits per heavy atom. The molecule has 3 aromatic rings. The van der Waals surface area contributed by atoms with Crippen LogP contribution in [0.5, 0.6) is 0 Å². The maximum Gasteiger partial charge on any atom is 0.306 e. The number of aromatic nitrogens is 5. The fourth-order valence-corrected chi connectivity index (χ4v) is 4.01. The summed E-state index contributed by atoms with van der Waals surface area (Å²) in [6.07, 6.45) is 2.10. The van der Waals surface area contributed by atoms with Crippen molar-refractivity contribution in [1.82, 2.24) is 25.3 Å². The minimum absolute atomic E-state index is 0.00625. The van der Waals surface area contributed by atoms with E-state index in [0.29, 0.717) is 24.6 Å². The van der Waals surface area contributed by atoms with E-state index in [1.54, 1.807) is 19.1 Å². The number of ether oxygens (including phenoxy) is 1. The van der Waals surface area contributed by atoms with Crippen molar-refractivity contribution in [3.63, 3.8) is 0 Å². The Hall–Kier alpha value is -3.10. The summed E-state index contributed by atoms with van der Waals surface area (Å²) >= 11 is 0. The van der Waals surface area contributed by atoms with E-state index < -0.39 is 0 Å². The van der Waals surface area contributed by atoms with Crippen LogP contribution < -0.4 is 4.90 Å². The lowest BCUT2D eigenvalue weighted by Crippen LogP contribution is -2.37. The number of benzene rings is 1. The van der Waals surface area contributed by atoms with Crippen molar-refractivity contribution >= 4 is 17.4 Å². The van der Waals surface area contributed by atoms with Gasteiger partial charge < -0.3 is 9.64 Å². The number of carbonyl (C=O) groups is 1. The molecule has 0 spiro atoms. The molecule has 3 heterocycles. The van der Waals surface area contributed by atoms with E-state index in [-0.39, 0.29) is 17.7 Å². The van der Waals surface area contributed by atoms with E-state index in [0.717, 1.165) is 37.3 Å². The minimum atomic E-state index is -0.275. The van der Waals surface area contributed by atoms with Crippen LogP contribution >= 0.6 is 0 Å². The van der Waals surface area contributed by atoms with Gasteiger partial charge in [-0.2, -0.15) is 0 Å². The van der Waals surface area contributed by atoms with Crippen LogP contribution in [0, 0.1) is 11.7 Å². The largest absolute Gasteiger partial charge is 0.466 e. The first-order valence-corrected chi connectivity index (χ1v) is 9.85. The van der Waals surface area contributed by atoms with Crippen LogP contribution in [0.2, 0.25) is 0 Å². The van der Waals surface area contributed by atoms with Gasteiger partial charge in [-0.05, 0) is 71.9 Å². The number of nitrogens with zero attached hydrogens (tertiary/aromatic N) is 6. The first-order chi connectivity index (χ1) is 14.1. The number of tetrazole rings is 1. The van der Waals surface area contributed by atoms with Crippen LogP contribution in [0.15, 0.2) is 36.4 Å². The van der Waals surface area contributed by atoms with Crippen LogP contribution in [0.1, 0.15) is 37.7 Å². The molecule has 2 aromatic heterocycles. The predicted molar refractivity (Wildman–Crippen MR) is 104 cm³/mol. The van der Waals surface area contributed by atoms with Gasteiger partial charge in [-0.3, -0.25) is 4.79 Å². The number of fused-ring (bicyclic) bond motifs is 1. The van der Waals surface area contributed by atoms with E-state index in [4.69, 9.17) is 4.74 Å². The lowest BCUT2D eigenvalue weighted by atomic mass is 9.78. The molecular formula is C20H23FN6O2. The fourth-order valence-electron chi connectivity index (χ4n) is 4.01. The van der Waals surface area contributed by atoms with Gasteiger partial charge in [0.1, 0.15) is 5.82 Å². The normalized spacial score (nSPS) is 16.1. The Labute approximate surface area is 167 Å². The topological polar surface area (TPSA) is 85.5 Å². The molecule has 152 valence electrons. The zero-order valence-electron chi connectivity index (χ0n) is 16.2. The van der Waals surface area contributed by atoms with Gasteiger partial charge in [0.15, 0.2) is 11.5 Å². The first-order valence-electron chi connectivity index (χ1n) is 9.85. The molecule has 1 aliphatic rings. The predicted octanol–water partition coefficient (Wildman–Crippen LogP) is 2.61. The van der Waals surface area contributed by atoms with Crippen molar-refractivity contribution in [2.45, 2.75) is 32.1 Å². The quantitative estimate of drug-likeness (QED) is 0.590. The van der Waals surface area contributed by atoms with Crippen LogP contribution in [0.25, 0.3) is 5.65 Å². The smallest absolute Gasteiger partial charge is 0.306 e. The van der Waals surface area contributed by atoms with Crippen LogP contribution in [-0.4, -0.2) is 50.9 Å². The molecule has 0 amide bonds. The molecule has 1 fully saturated rings. The third kappa shape index (κ3) is 4.33. The second-order valence-corrected chi connectivity index (χ2v) is 7.21. The summed E-state index contributed by atoms with van der Waals surface area (Å²) in [5, 5.41) is 15.8. The molecule has 1 aromatic carbocycles. The summed E-state index contributed by atoms with van der Waals surface area (Å²) < 4.78 is 20.0. The SMILES string of the molecule is CCOC(=O)CC(c1ccc(F)cc1)C1CCN(c2ccc3nnnn3n2)CC1. The summed E-state index contributed by atoms with van der Waals surface area (Å²) in [6, 6.07) is 10.2. The molecule has 1 atom stereocenters. The summed E-state index contributed by atoms with van der Waals surface area (Å²) in [5.41, 5.74) is 1.58. The van der Waals surface area contributed by atoms with E-state index in [1.807, 2.05) is 12.1 Å². The van der Waals surface area contributed by atoms with E-state index in [9.17, 15) is 9.18 Å². The molecular weight excluding hydrogens is 375 g/mol. The lowest BCUT2D eigenvalue weighted by Gasteiger charge is -2.36. The Balaban J connectivity index is 1.47. The third-order valence-corrected chi connectivity index (χ3v) is 5.48. The molecule has 29 heavy (non-hydrogen) atoms. The molecule has 1 saturated heterocycles. The molecule has 0 N–H and O–H groups in total. The van der Waals surface area contributed by atoms with Gasteiger partial charge in [0.2, 0.25) is 0 Å². The lowest BCUT2D eigenvalue weighted by molar-refractivity contribution is -0.143. The number of hydrogen-bond donors (Lipinski definition) is 0. The number of hydrogen-bond acceptors (Lipinski definition) is 7. The van der Waals surface area contributed by atoms with Crippen molar-refractivity contribution in [3.05, 3.63) is 47.8 Å². The monoisotopic (exact) mass is 398 g/mol. The zero-order chi connectivity index (χ0) is 20.2. The summed E-state index contributed by atoms with van der Waals surface area (Å²) in [4.78, 5) is 14.4. The van der Waals surface area contributed by atoms with Crippen LogP contribution in [-0.2, 0) is 9.53 Å². The highest BCUT2D eigenvalue weighted by Crippen LogP contribution is 2.36. The third-order valence-electron chi connectivity index (χ3n) is 5.48. The Morgan fingerprint density at radius 1 is 1.21 bits per heavy atom. The van der Waals surface area contributed by atoms with Gasteiger partial charge in [0.05, 0.1) is 13.0 Å². The summed E-state index contributed by atoms with van der Waals surface area (Å²) in [7, 11) is 0. The van der Waals surface area contributed by atoms with Gasteiger partial charge in [0, 0.05) is 13.1 Å². The fraction of sp³-hybridized carbons (Fsp3) is 0.450. The molecule has 8 nitrogen and oxygen atoms in total. The zero-order valence-corrected chi connectivity index (χ0v) is 16.2. The molecule has 0 radical (unpaired) electrons. The van der Waals surface area contributed by atoms with Gasteiger partial charge in [-0.25, -0.2) is 4.39 Å². The molecule has 0 bridgehead atoms. The second kappa shape index (κ2) is 8.50. The number of carbonyl (C=O) groups excluding carboxylic acids is 1. The van der Waals surface area contributed by atoms with Gasteiger partial charge in [-0.15, -0.1) is 14.8 Å². The first kappa shape index (κ1) is 19.2. The Kier molecular flexibility index (Phi) is 5.64. The number of halogens is 1. The number of piperidine rings is 1. The van der Waals surface area contributed by atoms with Gasteiger partial charge >= 0.3 is 5.97 Å². The van der Waals surface area contributed by atoms with Crippen LogP contribution in [0.4, 0.5) is 10.2 Å². The highest BCUT2D eigenvalue weighted by atomic mass is 19.1. The Bertz CT molecular complexity index is 969. The van der Waals surface area contributed by atoms with E-state index >= 15 is 0 Å². The number of rotatable bonds is 6. The Morgan fingerprint density at radius 2 is 1.97 bits per heavy atom. The molecule has 1 unspecified atom stereocenters. The molecule has 1 aliphatic heterocycles. The average molecular weight is 398 g/mol. The maximum absolute atomic E-state index is 13.4. The standard InChI is InChI=1S/C20H23FN6O2/c1-2-29-20(28)13-17(14-3-5-16(21)6-4-14)15-9-11-26(12-10-15)19-8-7-18-22-24-25-27(18)23-19/h3-8,15,17H,2,9-13H2,1H3. The molecule has 0 aliphatic carbocycles. The van der Waals surface area contributed by atoms with Crippen molar-refractivity contribution in [3.8, 4) is 0 Å². The van der Waals surface area contributed by atoms with Crippen molar-refractivity contribution in [2.75, 3.05) is 24.6 Å². The minimum Gasteiger partial charge on any atom is -0.466 e. The summed E-state index contributed by atoms with van der Waals surface area (Å²) in [6.45, 7) is 3.79. The maximum atomic E-state index is 13.4. The second-order valence-electron chi connectivity index (χ2n) is 7.21. The van der Waals surface area contributed by atoms with Crippen LogP contribution in [0.3, 0.4) is 0 Å². The van der Waals surface area contributed by atoms with Gasteiger partial charge in [-0.1, -0.05) is 12.1 Å². The van der Waals surface area contributed by atoms with Crippen molar-refractivity contribution in [2.24, 2.45) is 5.92 Å². The molecule has 0 saturated carbocycles. The number of esters is 1. The van der Waals surface area contributed by atoms with E-state index in [2.05, 4.69) is 25.5 Å². The van der Waals surface area contributed by atoms with Gasteiger partial charge in [0.25, 0.3) is 0 Å².